The van der Waals surface area contributed by atoms with E-state index in [4.69, 9.17) is 9.15 Å². The van der Waals surface area contributed by atoms with E-state index in [1.54, 1.807) is 0 Å². The van der Waals surface area contributed by atoms with Crippen LogP contribution in [0.5, 0.6) is 0 Å². The molecule has 0 radical (unpaired) electrons. The Kier molecular flexibility index (Phi) is 4.84. The first-order valence-electron chi connectivity index (χ1n) is 7.97. The molecular weight excluding hydrogens is 282 g/mol. The predicted molar refractivity (Wildman–Crippen MR) is 80.2 cm³/mol. The molecule has 120 valence electrons. The van der Waals surface area contributed by atoms with E-state index in [1.807, 2.05) is 10.7 Å². The number of furan rings is 1. The van der Waals surface area contributed by atoms with Gasteiger partial charge in [-0.3, -0.25) is 4.90 Å². The standard InChI is InChI=1S/C15H23N5O2/c1-3-7-20-15(16-17-18-20)10-19-8-9-21-11-13(19)14-6-5-12(4-2)22-14/h5-6,13H,3-4,7-11H2,1-2H3/t13-/m0/s1. The van der Waals surface area contributed by atoms with Gasteiger partial charge in [-0.05, 0) is 29.0 Å². The Balaban J connectivity index is 1.76. The number of aromatic nitrogens is 4. The number of tetrazole rings is 1. The van der Waals surface area contributed by atoms with E-state index in [1.165, 1.54) is 0 Å². The van der Waals surface area contributed by atoms with Crippen LogP contribution in [0, 0.1) is 0 Å². The van der Waals surface area contributed by atoms with Gasteiger partial charge in [-0.25, -0.2) is 4.68 Å². The summed E-state index contributed by atoms with van der Waals surface area (Å²) in [6.45, 7) is 8.00. The lowest BCUT2D eigenvalue weighted by atomic mass is 10.1. The Morgan fingerprint density at radius 1 is 1.32 bits per heavy atom. The summed E-state index contributed by atoms with van der Waals surface area (Å²) in [5.74, 6) is 2.87. The van der Waals surface area contributed by atoms with Gasteiger partial charge >= 0.3 is 0 Å². The minimum Gasteiger partial charge on any atom is -0.464 e. The number of nitrogens with zero attached hydrogens (tertiary/aromatic N) is 5. The molecule has 0 saturated carbocycles. The molecule has 0 aromatic carbocycles. The molecule has 0 N–H and O–H groups in total. The lowest BCUT2D eigenvalue weighted by Gasteiger charge is -2.33. The first-order chi connectivity index (χ1) is 10.8. The Bertz CT molecular complexity index is 594. The van der Waals surface area contributed by atoms with Gasteiger partial charge in [0.1, 0.15) is 11.5 Å². The molecule has 1 aliphatic heterocycles. The fraction of sp³-hybridized carbons (Fsp3) is 0.667. The molecule has 7 heteroatoms. The molecule has 0 aliphatic carbocycles. The first-order valence-corrected chi connectivity index (χ1v) is 7.97. The van der Waals surface area contributed by atoms with Crippen molar-refractivity contribution >= 4 is 0 Å². The van der Waals surface area contributed by atoms with Crippen molar-refractivity contribution in [3.05, 3.63) is 29.5 Å². The van der Waals surface area contributed by atoms with Crippen molar-refractivity contribution in [3.63, 3.8) is 0 Å². The molecule has 0 bridgehead atoms. The van der Waals surface area contributed by atoms with Gasteiger partial charge in [-0.15, -0.1) is 5.10 Å². The van der Waals surface area contributed by atoms with Crippen LogP contribution in [-0.2, 0) is 24.2 Å². The van der Waals surface area contributed by atoms with Crippen LogP contribution >= 0.6 is 0 Å². The van der Waals surface area contributed by atoms with E-state index in [2.05, 4.69) is 40.3 Å². The maximum atomic E-state index is 5.92. The molecule has 0 amide bonds. The zero-order chi connectivity index (χ0) is 15.4. The van der Waals surface area contributed by atoms with Crippen LogP contribution in [0.2, 0.25) is 0 Å². The number of hydrogen-bond donors (Lipinski definition) is 0. The topological polar surface area (TPSA) is 69.2 Å². The summed E-state index contributed by atoms with van der Waals surface area (Å²) in [4.78, 5) is 2.33. The van der Waals surface area contributed by atoms with Crippen molar-refractivity contribution in [3.8, 4) is 0 Å². The quantitative estimate of drug-likeness (QED) is 0.811. The zero-order valence-electron chi connectivity index (χ0n) is 13.2. The smallest absolute Gasteiger partial charge is 0.165 e. The second kappa shape index (κ2) is 7.02. The first kappa shape index (κ1) is 15.2. The number of rotatable bonds is 6. The molecule has 0 spiro atoms. The van der Waals surface area contributed by atoms with Crippen LogP contribution in [0.4, 0.5) is 0 Å². The number of morpholine rings is 1. The van der Waals surface area contributed by atoms with Crippen LogP contribution in [0.25, 0.3) is 0 Å². The van der Waals surface area contributed by atoms with Crippen molar-refractivity contribution in [1.29, 1.82) is 0 Å². The third-order valence-electron chi connectivity index (χ3n) is 3.98. The summed E-state index contributed by atoms with van der Waals surface area (Å²) >= 11 is 0. The molecular formula is C15H23N5O2. The summed E-state index contributed by atoms with van der Waals surface area (Å²) in [6, 6.07) is 4.23. The van der Waals surface area contributed by atoms with Gasteiger partial charge in [0.05, 0.1) is 25.8 Å². The molecule has 22 heavy (non-hydrogen) atoms. The second-order valence-corrected chi connectivity index (χ2v) is 5.54. The predicted octanol–water partition coefficient (Wildman–Crippen LogP) is 1.81. The largest absolute Gasteiger partial charge is 0.464 e. The highest BCUT2D eigenvalue weighted by atomic mass is 16.5. The third kappa shape index (κ3) is 3.20. The molecule has 3 heterocycles. The Labute approximate surface area is 130 Å². The normalized spacial score (nSPS) is 19.6. The van der Waals surface area contributed by atoms with Crippen molar-refractivity contribution < 1.29 is 9.15 Å². The fourth-order valence-electron chi connectivity index (χ4n) is 2.76. The van der Waals surface area contributed by atoms with Crippen LogP contribution < -0.4 is 0 Å². The van der Waals surface area contributed by atoms with Gasteiger partial charge in [0.15, 0.2) is 5.82 Å². The fourth-order valence-corrected chi connectivity index (χ4v) is 2.76. The van der Waals surface area contributed by atoms with Crippen molar-refractivity contribution in [2.45, 2.75) is 45.8 Å². The molecule has 7 nitrogen and oxygen atoms in total. The highest BCUT2D eigenvalue weighted by Gasteiger charge is 2.28. The number of ether oxygens (including phenoxy) is 1. The third-order valence-corrected chi connectivity index (χ3v) is 3.98. The molecule has 1 fully saturated rings. The van der Waals surface area contributed by atoms with Crippen LogP contribution in [0.15, 0.2) is 16.5 Å². The van der Waals surface area contributed by atoms with E-state index in [-0.39, 0.29) is 6.04 Å². The van der Waals surface area contributed by atoms with Gasteiger partial charge in [0, 0.05) is 19.5 Å². The van der Waals surface area contributed by atoms with Gasteiger partial charge in [-0.2, -0.15) is 0 Å². The average Bonchev–Trinajstić information content (AvgIpc) is 3.18. The van der Waals surface area contributed by atoms with E-state index in [0.29, 0.717) is 13.2 Å². The molecule has 2 aromatic heterocycles. The van der Waals surface area contributed by atoms with Gasteiger partial charge < -0.3 is 9.15 Å². The van der Waals surface area contributed by atoms with Crippen molar-refractivity contribution in [1.82, 2.24) is 25.1 Å². The lowest BCUT2D eigenvalue weighted by Crippen LogP contribution is -2.39. The van der Waals surface area contributed by atoms with Crippen molar-refractivity contribution in [2.24, 2.45) is 0 Å². The molecule has 0 unspecified atom stereocenters. The Morgan fingerprint density at radius 2 is 2.23 bits per heavy atom. The van der Waals surface area contributed by atoms with Crippen LogP contribution in [0.3, 0.4) is 0 Å². The Hall–Kier alpha value is -1.73. The maximum Gasteiger partial charge on any atom is 0.165 e. The van der Waals surface area contributed by atoms with E-state index >= 15 is 0 Å². The minimum atomic E-state index is 0.126. The summed E-state index contributed by atoms with van der Waals surface area (Å²) in [6.07, 6.45) is 1.92. The minimum absolute atomic E-state index is 0.126. The zero-order valence-corrected chi connectivity index (χ0v) is 13.2. The number of hydrogen-bond acceptors (Lipinski definition) is 6. The summed E-state index contributed by atoms with van der Waals surface area (Å²) < 4.78 is 13.4. The van der Waals surface area contributed by atoms with Crippen LogP contribution in [0.1, 0.15) is 43.7 Å². The van der Waals surface area contributed by atoms with Gasteiger partial charge in [0.2, 0.25) is 0 Å². The van der Waals surface area contributed by atoms with E-state index in [0.717, 1.165) is 49.9 Å². The van der Waals surface area contributed by atoms with Gasteiger partial charge in [-0.1, -0.05) is 13.8 Å². The van der Waals surface area contributed by atoms with E-state index in [9.17, 15) is 0 Å². The molecule has 1 atom stereocenters. The maximum absolute atomic E-state index is 5.92. The SMILES string of the molecule is CCCn1nnnc1CN1CCOC[C@H]1c1ccc(CC)o1. The van der Waals surface area contributed by atoms with E-state index < -0.39 is 0 Å². The summed E-state index contributed by atoms with van der Waals surface area (Å²) in [7, 11) is 0. The Morgan fingerprint density at radius 3 is 3.00 bits per heavy atom. The molecule has 1 aliphatic rings. The molecule has 2 aromatic rings. The van der Waals surface area contributed by atoms with Crippen molar-refractivity contribution in [2.75, 3.05) is 19.8 Å². The number of aryl methyl sites for hydroxylation is 2. The molecule has 1 saturated heterocycles. The second-order valence-electron chi connectivity index (χ2n) is 5.54. The van der Waals surface area contributed by atoms with Gasteiger partial charge in [0.25, 0.3) is 0 Å². The highest BCUT2D eigenvalue weighted by Crippen LogP contribution is 2.27. The lowest BCUT2D eigenvalue weighted by molar-refractivity contribution is -0.0222. The monoisotopic (exact) mass is 305 g/mol. The average molecular weight is 305 g/mol. The van der Waals surface area contributed by atoms with Crippen LogP contribution in [-0.4, -0.2) is 44.9 Å². The summed E-state index contributed by atoms with van der Waals surface area (Å²) in [5, 5.41) is 12.0. The summed E-state index contributed by atoms with van der Waals surface area (Å²) in [5.41, 5.74) is 0. The highest BCUT2D eigenvalue weighted by molar-refractivity contribution is 5.12. The molecule has 3 rings (SSSR count).